The number of pyridine rings is 1. The molecule has 0 aliphatic carbocycles. The van der Waals surface area contributed by atoms with Crippen LogP contribution in [0.4, 0.5) is 5.82 Å². The van der Waals surface area contributed by atoms with Gasteiger partial charge >= 0.3 is 0 Å². The van der Waals surface area contributed by atoms with Gasteiger partial charge in [0.15, 0.2) is 0 Å². The van der Waals surface area contributed by atoms with Crippen molar-refractivity contribution in [2.75, 3.05) is 31.1 Å². The highest BCUT2D eigenvalue weighted by Gasteiger charge is 2.19. The quantitative estimate of drug-likeness (QED) is 0.707. The van der Waals surface area contributed by atoms with E-state index < -0.39 is 0 Å². The number of aromatic nitrogens is 3. The maximum atomic E-state index is 6.02. The van der Waals surface area contributed by atoms with Crippen molar-refractivity contribution < 1.29 is 4.74 Å². The number of para-hydroxylation sites is 1. The number of hydrogen-bond acceptors (Lipinski definition) is 6. The standard InChI is InChI=1S/C20H21N5O/c1-2-6-19(26-18-5-3-7-21-14-18)17(4-1)16-24-10-12-25(13-11-24)20-15-22-8-9-23-20/h1-9,14-15H,10-13,16H2. The lowest BCUT2D eigenvalue weighted by Crippen LogP contribution is -2.46. The smallest absolute Gasteiger partial charge is 0.147 e. The van der Waals surface area contributed by atoms with E-state index in [0.717, 1.165) is 50.0 Å². The second-order valence-corrected chi connectivity index (χ2v) is 6.23. The molecule has 0 amide bonds. The first-order valence-electron chi connectivity index (χ1n) is 8.77. The van der Waals surface area contributed by atoms with Gasteiger partial charge in [-0.2, -0.15) is 0 Å². The molecule has 0 bridgehead atoms. The molecular formula is C20H21N5O. The molecule has 2 aromatic heterocycles. The van der Waals surface area contributed by atoms with E-state index >= 15 is 0 Å². The molecule has 132 valence electrons. The Hall–Kier alpha value is -2.99. The van der Waals surface area contributed by atoms with Gasteiger partial charge in [-0.15, -0.1) is 0 Å². The minimum absolute atomic E-state index is 0.757. The van der Waals surface area contributed by atoms with Crippen LogP contribution < -0.4 is 9.64 Å². The Morgan fingerprint density at radius 3 is 2.46 bits per heavy atom. The molecule has 6 heteroatoms. The summed E-state index contributed by atoms with van der Waals surface area (Å²) in [6, 6.07) is 12.0. The van der Waals surface area contributed by atoms with Crippen molar-refractivity contribution >= 4 is 5.82 Å². The van der Waals surface area contributed by atoms with E-state index in [-0.39, 0.29) is 0 Å². The molecule has 1 saturated heterocycles. The van der Waals surface area contributed by atoms with Crippen molar-refractivity contribution in [2.24, 2.45) is 0 Å². The molecule has 0 saturated carbocycles. The first-order valence-corrected chi connectivity index (χ1v) is 8.77. The summed E-state index contributed by atoms with van der Waals surface area (Å²) >= 11 is 0. The molecule has 0 N–H and O–H groups in total. The largest absolute Gasteiger partial charge is 0.455 e. The second-order valence-electron chi connectivity index (χ2n) is 6.23. The van der Waals surface area contributed by atoms with Gasteiger partial charge in [-0.1, -0.05) is 18.2 Å². The Balaban J connectivity index is 1.39. The Bertz CT molecular complexity index is 820. The lowest BCUT2D eigenvalue weighted by atomic mass is 10.1. The molecule has 1 aliphatic rings. The van der Waals surface area contributed by atoms with Crippen LogP contribution in [0.1, 0.15) is 5.56 Å². The minimum Gasteiger partial charge on any atom is -0.455 e. The number of nitrogens with zero attached hydrogens (tertiary/aromatic N) is 5. The number of anilines is 1. The lowest BCUT2D eigenvalue weighted by Gasteiger charge is -2.35. The van der Waals surface area contributed by atoms with Gasteiger partial charge in [0.25, 0.3) is 0 Å². The zero-order chi connectivity index (χ0) is 17.6. The molecule has 0 unspecified atom stereocenters. The van der Waals surface area contributed by atoms with Crippen molar-refractivity contribution in [3.8, 4) is 11.5 Å². The van der Waals surface area contributed by atoms with E-state index in [2.05, 4.69) is 36.9 Å². The van der Waals surface area contributed by atoms with Crippen LogP contribution in [-0.4, -0.2) is 46.0 Å². The van der Waals surface area contributed by atoms with Crippen molar-refractivity contribution in [1.82, 2.24) is 19.9 Å². The highest BCUT2D eigenvalue weighted by molar-refractivity contribution is 5.38. The molecule has 4 rings (SSSR count). The summed E-state index contributed by atoms with van der Waals surface area (Å²) in [4.78, 5) is 17.4. The third kappa shape index (κ3) is 3.97. The molecule has 26 heavy (non-hydrogen) atoms. The van der Waals surface area contributed by atoms with Gasteiger partial charge in [-0.3, -0.25) is 14.9 Å². The summed E-state index contributed by atoms with van der Waals surface area (Å²) in [5.74, 6) is 2.59. The van der Waals surface area contributed by atoms with Crippen molar-refractivity contribution in [1.29, 1.82) is 0 Å². The first-order chi connectivity index (χ1) is 12.9. The van der Waals surface area contributed by atoms with Crippen molar-refractivity contribution in [2.45, 2.75) is 6.54 Å². The van der Waals surface area contributed by atoms with Crippen molar-refractivity contribution in [3.05, 3.63) is 72.9 Å². The number of benzene rings is 1. The molecular weight excluding hydrogens is 326 g/mol. The van der Waals surface area contributed by atoms with Gasteiger partial charge in [0.05, 0.1) is 12.4 Å². The van der Waals surface area contributed by atoms with Crippen LogP contribution >= 0.6 is 0 Å². The fourth-order valence-corrected chi connectivity index (χ4v) is 3.10. The summed E-state index contributed by atoms with van der Waals surface area (Å²) < 4.78 is 6.02. The monoisotopic (exact) mass is 347 g/mol. The lowest BCUT2D eigenvalue weighted by molar-refractivity contribution is 0.246. The normalized spacial score (nSPS) is 15.0. The van der Waals surface area contributed by atoms with Crippen LogP contribution in [0.2, 0.25) is 0 Å². The van der Waals surface area contributed by atoms with Crippen LogP contribution in [0.15, 0.2) is 67.4 Å². The molecule has 3 aromatic rings. The zero-order valence-corrected chi connectivity index (χ0v) is 14.5. The minimum atomic E-state index is 0.757. The maximum absolute atomic E-state index is 6.02. The molecule has 1 aliphatic heterocycles. The topological polar surface area (TPSA) is 54.4 Å². The Kier molecular flexibility index (Phi) is 5.02. The molecule has 1 aromatic carbocycles. The number of rotatable bonds is 5. The fraction of sp³-hybridized carbons (Fsp3) is 0.250. The van der Waals surface area contributed by atoms with Gasteiger partial charge < -0.3 is 9.64 Å². The Morgan fingerprint density at radius 2 is 1.69 bits per heavy atom. The van der Waals surface area contributed by atoms with Crippen LogP contribution in [0.3, 0.4) is 0 Å². The zero-order valence-electron chi connectivity index (χ0n) is 14.5. The van der Waals surface area contributed by atoms with E-state index in [1.54, 1.807) is 24.8 Å². The molecule has 6 nitrogen and oxygen atoms in total. The summed E-state index contributed by atoms with van der Waals surface area (Å²) in [7, 11) is 0. The molecule has 1 fully saturated rings. The Labute approximate surface area is 153 Å². The molecule has 0 radical (unpaired) electrons. The second kappa shape index (κ2) is 7.93. The molecule has 0 spiro atoms. The fourth-order valence-electron chi connectivity index (χ4n) is 3.10. The van der Waals surface area contributed by atoms with E-state index in [1.165, 1.54) is 5.56 Å². The number of ether oxygens (including phenoxy) is 1. The summed E-state index contributed by atoms with van der Waals surface area (Å²) in [5.41, 5.74) is 1.18. The van der Waals surface area contributed by atoms with Crippen LogP contribution in [-0.2, 0) is 6.54 Å². The van der Waals surface area contributed by atoms with Crippen LogP contribution in [0.5, 0.6) is 11.5 Å². The van der Waals surface area contributed by atoms with Gasteiger partial charge in [0.2, 0.25) is 0 Å². The number of piperazine rings is 1. The van der Waals surface area contributed by atoms with Gasteiger partial charge in [0, 0.05) is 56.9 Å². The predicted octanol–water partition coefficient (Wildman–Crippen LogP) is 2.99. The summed E-state index contributed by atoms with van der Waals surface area (Å²) in [5, 5.41) is 0. The molecule has 3 heterocycles. The molecule has 0 atom stereocenters. The van der Waals surface area contributed by atoms with Gasteiger partial charge in [-0.25, -0.2) is 4.98 Å². The van der Waals surface area contributed by atoms with E-state index in [1.807, 2.05) is 30.5 Å². The SMILES string of the molecule is c1cncc(Oc2ccccc2CN2CCN(c3cnccn3)CC2)c1. The van der Waals surface area contributed by atoms with Gasteiger partial charge in [0.1, 0.15) is 17.3 Å². The van der Waals surface area contributed by atoms with E-state index in [4.69, 9.17) is 4.74 Å². The van der Waals surface area contributed by atoms with Gasteiger partial charge in [-0.05, 0) is 18.2 Å². The predicted molar refractivity (Wildman–Crippen MR) is 100 cm³/mol. The van der Waals surface area contributed by atoms with E-state index in [9.17, 15) is 0 Å². The third-order valence-electron chi connectivity index (χ3n) is 4.47. The average molecular weight is 347 g/mol. The first kappa shape index (κ1) is 16.5. The van der Waals surface area contributed by atoms with Crippen molar-refractivity contribution in [3.63, 3.8) is 0 Å². The highest BCUT2D eigenvalue weighted by Crippen LogP contribution is 2.26. The van der Waals surface area contributed by atoms with Crippen LogP contribution in [0.25, 0.3) is 0 Å². The Morgan fingerprint density at radius 1 is 0.846 bits per heavy atom. The summed E-state index contributed by atoms with van der Waals surface area (Å²) in [6.07, 6.45) is 8.76. The third-order valence-corrected chi connectivity index (χ3v) is 4.47. The average Bonchev–Trinajstić information content (AvgIpc) is 2.72. The maximum Gasteiger partial charge on any atom is 0.147 e. The van der Waals surface area contributed by atoms with Crippen LogP contribution in [0, 0.1) is 0 Å². The highest BCUT2D eigenvalue weighted by atomic mass is 16.5. The number of hydrogen-bond donors (Lipinski definition) is 0. The summed E-state index contributed by atoms with van der Waals surface area (Å²) in [6.45, 7) is 4.73. The van der Waals surface area contributed by atoms with E-state index in [0.29, 0.717) is 0 Å².